The lowest BCUT2D eigenvalue weighted by Crippen LogP contribution is -2.79. The molecule has 0 bridgehead atoms. The monoisotopic (exact) mass is 658 g/mol. The molecule has 0 aliphatic carbocycles. The smallest absolute Gasteiger partial charge is 0.251 e. The Morgan fingerprint density at radius 2 is 0.900 bits per heavy atom. The molecule has 0 N–H and O–H groups in total. The van der Waals surface area contributed by atoms with Gasteiger partial charge in [0.25, 0.3) is 6.71 Å². The summed E-state index contributed by atoms with van der Waals surface area (Å²) >= 11 is 0. The molecule has 238 valence electrons. The third kappa shape index (κ3) is 4.00. The Morgan fingerprint density at radius 3 is 1.34 bits per heavy atom. The van der Waals surface area contributed by atoms with E-state index in [4.69, 9.17) is 9.97 Å². The average Bonchev–Trinajstić information content (AvgIpc) is 3.15. The number of anilines is 6. The van der Waals surface area contributed by atoms with Gasteiger partial charge in [0.2, 0.25) is 0 Å². The van der Waals surface area contributed by atoms with Crippen molar-refractivity contribution >= 4 is 75.7 Å². The molecule has 5 aromatic carbocycles. The summed E-state index contributed by atoms with van der Waals surface area (Å²) in [6, 6.07) is 47.1. The van der Waals surface area contributed by atoms with Crippen LogP contribution in [0.1, 0.15) is 11.1 Å². The minimum Gasteiger partial charge on any atom is -0.311 e. The van der Waals surface area contributed by atoms with E-state index in [0.29, 0.717) is 0 Å². The first-order chi connectivity index (χ1) is 24.4. The lowest BCUT2D eigenvalue weighted by molar-refractivity contribution is 1.23. The molecule has 0 saturated heterocycles. The van der Waals surface area contributed by atoms with Crippen LogP contribution in [0.25, 0.3) is 22.5 Å². The van der Waals surface area contributed by atoms with Crippen molar-refractivity contribution in [3.63, 3.8) is 0 Å². The van der Waals surface area contributed by atoms with Crippen LogP contribution < -0.4 is 36.6 Å². The number of aryl methyl sites for hydroxylation is 2. The van der Waals surface area contributed by atoms with Gasteiger partial charge in [-0.15, -0.1) is 0 Å². The van der Waals surface area contributed by atoms with Crippen molar-refractivity contribution in [1.82, 2.24) is 9.97 Å². The Morgan fingerprint density at radius 1 is 0.460 bits per heavy atom. The molecular weight excluding hydrogens is 623 g/mol. The van der Waals surface area contributed by atoms with E-state index in [1.165, 1.54) is 60.6 Å². The molecule has 3 aliphatic heterocycles. The van der Waals surface area contributed by atoms with Crippen molar-refractivity contribution in [3.05, 3.63) is 151 Å². The highest BCUT2D eigenvalue weighted by Gasteiger charge is 2.51. The normalized spacial score (nSPS) is 14.4. The summed E-state index contributed by atoms with van der Waals surface area (Å²) in [6.45, 7) is 9.55. The third-order valence-electron chi connectivity index (χ3n) is 11.1. The predicted octanol–water partition coefficient (Wildman–Crippen LogP) is 7.65. The molecule has 4 nitrogen and oxygen atoms in total. The maximum Gasteiger partial charge on any atom is 0.251 e. The summed E-state index contributed by atoms with van der Waals surface area (Å²) in [6.07, 6.45) is 3.79. The van der Waals surface area contributed by atoms with Gasteiger partial charge in [-0.2, -0.15) is 0 Å². The maximum absolute atomic E-state index is 4.86. The van der Waals surface area contributed by atoms with Crippen molar-refractivity contribution in [2.75, 3.05) is 9.80 Å². The average molecular weight is 659 g/mol. The van der Waals surface area contributed by atoms with Crippen molar-refractivity contribution in [2.45, 2.75) is 26.9 Å². The lowest BCUT2D eigenvalue weighted by Gasteiger charge is -2.50. The van der Waals surface area contributed by atoms with E-state index in [-0.39, 0.29) is 6.71 Å². The van der Waals surface area contributed by atoms with E-state index in [2.05, 4.69) is 152 Å². The number of benzene rings is 5. The molecule has 0 saturated carbocycles. The zero-order chi connectivity index (χ0) is 33.7. The van der Waals surface area contributed by atoms with Crippen LogP contribution in [-0.2, 0) is 0 Å². The van der Waals surface area contributed by atoms with Gasteiger partial charge < -0.3 is 9.80 Å². The summed E-state index contributed by atoms with van der Waals surface area (Å²) in [4.78, 5) is 14.8. The van der Waals surface area contributed by atoms with Crippen LogP contribution in [0.15, 0.2) is 140 Å². The minimum atomic E-state index is -2.12. The van der Waals surface area contributed by atoms with Crippen molar-refractivity contribution < 1.29 is 0 Å². The first-order valence-electron chi connectivity index (χ1n) is 17.5. The van der Waals surface area contributed by atoms with Gasteiger partial charge in [0.1, 0.15) is 8.07 Å². The molecule has 0 amide bonds. The van der Waals surface area contributed by atoms with E-state index in [1.807, 2.05) is 24.5 Å². The zero-order valence-electron chi connectivity index (χ0n) is 28.6. The van der Waals surface area contributed by atoms with Gasteiger partial charge in [-0.1, -0.05) is 89.2 Å². The highest BCUT2D eigenvalue weighted by Crippen LogP contribution is 2.48. The van der Waals surface area contributed by atoms with Crippen LogP contribution in [0.3, 0.4) is 0 Å². The van der Waals surface area contributed by atoms with Crippen molar-refractivity contribution in [1.29, 1.82) is 0 Å². The van der Waals surface area contributed by atoms with Crippen LogP contribution in [0, 0.1) is 13.8 Å². The Balaban J connectivity index is 1.32. The number of nitrogens with zero attached hydrogens (tertiary/aromatic N) is 4. The van der Waals surface area contributed by atoms with Gasteiger partial charge in [-0.25, -0.2) is 0 Å². The first-order valence-corrected chi connectivity index (χ1v) is 20.5. The second-order valence-electron chi connectivity index (χ2n) is 14.4. The second kappa shape index (κ2) is 10.6. The van der Waals surface area contributed by atoms with Crippen LogP contribution in [0.5, 0.6) is 0 Å². The maximum atomic E-state index is 4.86. The van der Waals surface area contributed by atoms with E-state index < -0.39 is 8.07 Å². The van der Waals surface area contributed by atoms with Crippen LogP contribution >= 0.6 is 0 Å². The summed E-state index contributed by atoms with van der Waals surface area (Å²) in [5, 5.41) is 3.05. The molecule has 50 heavy (non-hydrogen) atoms. The quantitative estimate of drug-likeness (QED) is 0.182. The number of aromatic nitrogens is 2. The largest absolute Gasteiger partial charge is 0.311 e. The minimum absolute atomic E-state index is 0.138. The summed E-state index contributed by atoms with van der Waals surface area (Å²) in [5.41, 5.74) is 18.2. The summed E-state index contributed by atoms with van der Waals surface area (Å²) in [5.74, 6) is 0. The summed E-state index contributed by atoms with van der Waals surface area (Å²) in [7, 11) is -2.12. The van der Waals surface area contributed by atoms with Crippen molar-refractivity contribution in [2.24, 2.45) is 0 Å². The van der Waals surface area contributed by atoms with Gasteiger partial charge in [-0.05, 0) is 103 Å². The topological polar surface area (TPSA) is 32.3 Å². The predicted molar refractivity (Wildman–Crippen MR) is 213 cm³/mol. The molecular formula is C44H35BN4Si. The van der Waals surface area contributed by atoms with E-state index in [0.717, 1.165) is 33.9 Å². The zero-order valence-corrected chi connectivity index (χ0v) is 29.6. The fraction of sp³-hybridized carbons (Fsp3) is 0.0909. The van der Waals surface area contributed by atoms with Crippen LogP contribution in [-0.4, -0.2) is 24.8 Å². The second-order valence-corrected chi connectivity index (χ2v) is 18.7. The number of hydrogen-bond acceptors (Lipinski definition) is 4. The molecule has 0 fully saturated rings. The molecule has 5 heterocycles. The Kier molecular flexibility index (Phi) is 6.22. The molecule has 0 atom stereocenters. The molecule has 0 radical (unpaired) electrons. The van der Waals surface area contributed by atoms with Gasteiger partial charge in [0, 0.05) is 46.3 Å². The summed E-state index contributed by atoms with van der Waals surface area (Å²) < 4.78 is 0. The molecule has 6 heteroatoms. The number of rotatable bonds is 4. The van der Waals surface area contributed by atoms with E-state index in [9.17, 15) is 0 Å². The molecule has 0 spiro atoms. The van der Waals surface area contributed by atoms with Crippen molar-refractivity contribution in [3.8, 4) is 22.5 Å². The van der Waals surface area contributed by atoms with Gasteiger partial charge >= 0.3 is 0 Å². The van der Waals surface area contributed by atoms with E-state index >= 15 is 0 Å². The van der Waals surface area contributed by atoms with Gasteiger partial charge in [0.15, 0.2) is 0 Å². The Hall–Kier alpha value is -5.72. The fourth-order valence-corrected chi connectivity index (χ4v) is 12.1. The fourth-order valence-electron chi connectivity index (χ4n) is 8.92. The van der Waals surface area contributed by atoms with E-state index in [1.54, 1.807) is 0 Å². The molecule has 2 aromatic heterocycles. The Bertz CT molecular complexity index is 2340. The molecule has 3 aliphatic rings. The molecule has 0 unspecified atom stereocenters. The van der Waals surface area contributed by atoms with Gasteiger partial charge in [0.05, 0.1) is 22.8 Å². The highest BCUT2D eigenvalue weighted by atomic mass is 28.3. The van der Waals surface area contributed by atoms with Crippen LogP contribution in [0.4, 0.5) is 34.1 Å². The van der Waals surface area contributed by atoms with Gasteiger partial charge in [-0.3, -0.25) is 9.97 Å². The standard InChI is InChI=1S/C44H35BN4Si/c1-28-20-22-34(30(26-28)32-12-5-7-24-46-32)48-36-14-9-15-37-42(36)45-43-38(48)16-10-18-40(43)50(3,4)41-19-11-17-39(44(41)45)49(37)35-23-21-29(2)27-31(35)33-13-6-8-25-47-33/h5-27H,1-4H3. The molecule has 7 aromatic rings. The number of pyridine rings is 2. The number of hydrogen-bond donors (Lipinski definition) is 0. The Labute approximate surface area is 294 Å². The highest BCUT2D eigenvalue weighted by molar-refractivity contribution is 7.16. The first kappa shape index (κ1) is 29.2. The molecule has 10 rings (SSSR count). The lowest BCUT2D eigenvalue weighted by atomic mass is 9.33. The van der Waals surface area contributed by atoms with Crippen LogP contribution in [0.2, 0.25) is 13.1 Å². The SMILES string of the molecule is Cc1ccc(N2c3cccc4c3B3c5c2cccc5[Si](C)(C)c2cccc(c23)N4c2ccc(C)cc2-c2ccccn2)c(-c2ccccn2)c1. The third-order valence-corrected chi connectivity index (χ3v) is 14.6.